The van der Waals surface area contributed by atoms with Crippen LogP contribution in [0.4, 0.5) is 0 Å². The van der Waals surface area contributed by atoms with E-state index in [-0.39, 0.29) is 5.41 Å². The Bertz CT molecular complexity index is 151. The maximum absolute atomic E-state index is 11.4. The molecule has 0 radical (unpaired) electrons. The maximum atomic E-state index is 11.4. The van der Waals surface area contributed by atoms with Gasteiger partial charge >= 0.3 is 0 Å². The lowest BCUT2D eigenvalue weighted by Gasteiger charge is -2.20. The minimum Gasteiger partial charge on any atom is -0.299 e. The highest BCUT2D eigenvalue weighted by Crippen LogP contribution is 2.38. The molecule has 0 spiro atoms. The van der Waals surface area contributed by atoms with Gasteiger partial charge in [-0.25, -0.2) is 0 Å². The van der Waals surface area contributed by atoms with Crippen LogP contribution in [0.25, 0.3) is 0 Å². The zero-order chi connectivity index (χ0) is 8.32. The summed E-state index contributed by atoms with van der Waals surface area (Å²) in [6.45, 7) is 4.32. The van der Waals surface area contributed by atoms with E-state index in [1.807, 2.05) is 0 Å². The summed E-state index contributed by atoms with van der Waals surface area (Å²) < 4.78 is 0. The fourth-order valence-corrected chi connectivity index (χ4v) is 1.91. The molecular weight excluding hydrogens is 136 g/mol. The van der Waals surface area contributed by atoms with E-state index < -0.39 is 0 Å². The lowest BCUT2D eigenvalue weighted by molar-refractivity contribution is -0.125. The Morgan fingerprint density at radius 1 is 1.55 bits per heavy atom. The average Bonchev–Trinajstić information content (AvgIpc) is 2.30. The summed E-state index contributed by atoms with van der Waals surface area (Å²) in [6.07, 6.45) is 6.62. The van der Waals surface area contributed by atoms with Crippen LogP contribution >= 0.6 is 0 Å². The molecule has 1 aliphatic carbocycles. The second-order valence-corrected chi connectivity index (χ2v) is 3.94. The van der Waals surface area contributed by atoms with Crippen LogP contribution in [0.2, 0.25) is 0 Å². The smallest absolute Gasteiger partial charge is 0.138 e. The predicted molar refractivity (Wildman–Crippen MR) is 46.5 cm³/mol. The largest absolute Gasteiger partial charge is 0.299 e. The van der Waals surface area contributed by atoms with E-state index >= 15 is 0 Å². The summed E-state index contributed by atoms with van der Waals surface area (Å²) in [4.78, 5) is 11.4. The third-order valence-electron chi connectivity index (χ3n) is 2.89. The molecule has 1 nitrogen and oxygen atoms in total. The van der Waals surface area contributed by atoms with Gasteiger partial charge in [0.1, 0.15) is 5.78 Å². The number of rotatable bonds is 3. The second kappa shape index (κ2) is 3.38. The number of Topliss-reactive ketones (excluding diaryl/α,β-unsaturated/α-hetero) is 1. The van der Waals surface area contributed by atoms with E-state index in [0.29, 0.717) is 5.78 Å². The van der Waals surface area contributed by atoms with Gasteiger partial charge in [-0.05, 0) is 19.3 Å². The van der Waals surface area contributed by atoms with Gasteiger partial charge in [0, 0.05) is 11.8 Å². The zero-order valence-corrected chi connectivity index (χ0v) is 7.65. The Balaban J connectivity index is 2.44. The van der Waals surface area contributed by atoms with Gasteiger partial charge < -0.3 is 0 Å². The lowest BCUT2D eigenvalue weighted by Crippen LogP contribution is -2.20. The Labute approximate surface area is 69.2 Å². The third-order valence-corrected chi connectivity index (χ3v) is 2.89. The second-order valence-electron chi connectivity index (χ2n) is 3.94. The summed E-state index contributed by atoms with van der Waals surface area (Å²) in [5, 5.41) is 0. The molecule has 11 heavy (non-hydrogen) atoms. The molecule has 0 heterocycles. The zero-order valence-electron chi connectivity index (χ0n) is 7.65. The molecule has 64 valence electrons. The first-order chi connectivity index (χ1) is 5.19. The Kier molecular flexibility index (Phi) is 2.69. The molecule has 1 rings (SSSR count). The lowest BCUT2D eigenvalue weighted by atomic mass is 9.82. The summed E-state index contributed by atoms with van der Waals surface area (Å²) >= 11 is 0. The van der Waals surface area contributed by atoms with E-state index in [2.05, 4.69) is 13.8 Å². The highest BCUT2D eigenvalue weighted by Gasteiger charge is 2.36. The topological polar surface area (TPSA) is 17.1 Å². The Hall–Kier alpha value is -0.330. The molecule has 1 aliphatic rings. The first-order valence-electron chi connectivity index (χ1n) is 4.72. The van der Waals surface area contributed by atoms with Crippen molar-refractivity contribution in [2.75, 3.05) is 0 Å². The highest BCUT2D eigenvalue weighted by molar-refractivity contribution is 5.86. The molecule has 0 unspecified atom stereocenters. The van der Waals surface area contributed by atoms with Crippen LogP contribution in [0, 0.1) is 5.41 Å². The van der Waals surface area contributed by atoms with Crippen LogP contribution < -0.4 is 0 Å². The van der Waals surface area contributed by atoms with Crippen LogP contribution in [0.1, 0.15) is 52.4 Å². The van der Waals surface area contributed by atoms with Gasteiger partial charge in [0.15, 0.2) is 0 Å². The van der Waals surface area contributed by atoms with Crippen molar-refractivity contribution < 1.29 is 4.79 Å². The van der Waals surface area contributed by atoms with Crippen molar-refractivity contribution in [2.24, 2.45) is 5.41 Å². The number of carbonyl (C=O) groups is 1. The molecule has 1 heteroatoms. The Morgan fingerprint density at radius 2 is 2.27 bits per heavy atom. The van der Waals surface area contributed by atoms with Crippen molar-refractivity contribution in [2.45, 2.75) is 52.4 Å². The molecule has 1 atom stereocenters. The van der Waals surface area contributed by atoms with E-state index in [1.165, 1.54) is 12.8 Å². The molecule has 0 aromatic carbocycles. The van der Waals surface area contributed by atoms with Crippen LogP contribution in [-0.4, -0.2) is 5.78 Å². The van der Waals surface area contributed by atoms with Crippen LogP contribution in [0.15, 0.2) is 0 Å². The molecule has 1 saturated carbocycles. The average molecular weight is 154 g/mol. The maximum Gasteiger partial charge on any atom is 0.138 e. The molecule has 0 saturated heterocycles. The molecule has 0 amide bonds. The molecule has 0 aromatic heterocycles. The van der Waals surface area contributed by atoms with E-state index in [9.17, 15) is 4.79 Å². The van der Waals surface area contributed by atoms with Gasteiger partial charge in [0.2, 0.25) is 0 Å². The first-order valence-corrected chi connectivity index (χ1v) is 4.72. The number of carbonyl (C=O) groups excluding carboxylic acids is 1. The SMILES string of the molecule is CCCC[C@]1(C)CCCC1=O. The summed E-state index contributed by atoms with van der Waals surface area (Å²) in [5.41, 5.74) is 0.0655. The number of ketones is 1. The van der Waals surface area contributed by atoms with Crippen molar-refractivity contribution in [1.82, 2.24) is 0 Å². The van der Waals surface area contributed by atoms with Gasteiger partial charge in [-0.1, -0.05) is 26.7 Å². The van der Waals surface area contributed by atoms with Gasteiger partial charge in [0.05, 0.1) is 0 Å². The monoisotopic (exact) mass is 154 g/mol. The minimum absolute atomic E-state index is 0.0655. The van der Waals surface area contributed by atoms with E-state index in [4.69, 9.17) is 0 Å². The van der Waals surface area contributed by atoms with Crippen LogP contribution in [0.5, 0.6) is 0 Å². The van der Waals surface area contributed by atoms with Crippen molar-refractivity contribution in [3.63, 3.8) is 0 Å². The van der Waals surface area contributed by atoms with E-state index in [0.717, 1.165) is 25.7 Å². The fourth-order valence-electron chi connectivity index (χ4n) is 1.91. The van der Waals surface area contributed by atoms with Gasteiger partial charge in [-0.15, -0.1) is 0 Å². The summed E-state index contributed by atoms with van der Waals surface area (Å²) in [7, 11) is 0. The minimum atomic E-state index is 0.0655. The predicted octanol–water partition coefficient (Wildman–Crippen LogP) is 2.94. The van der Waals surface area contributed by atoms with E-state index in [1.54, 1.807) is 0 Å². The number of hydrogen-bond donors (Lipinski definition) is 0. The van der Waals surface area contributed by atoms with Crippen molar-refractivity contribution in [1.29, 1.82) is 0 Å². The molecule has 0 N–H and O–H groups in total. The highest BCUT2D eigenvalue weighted by atomic mass is 16.1. The summed E-state index contributed by atoms with van der Waals surface area (Å²) in [6, 6.07) is 0. The summed E-state index contributed by atoms with van der Waals surface area (Å²) in [5.74, 6) is 0.506. The standard InChI is InChI=1S/C10H18O/c1-3-4-7-10(2)8-5-6-9(10)11/h3-8H2,1-2H3/t10-/m1/s1. The molecular formula is C10H18O. The van der Waals surface area contributed by atoms with Gasteiger partial charge in [-0.2, -0.15) is 0 Å². The third kappa shape index (κ3) is 1.82. The number of unbranched alkanes of at least 4 members (excludes halogenated alkanes) is 1. The molecule has 1 fully saturated rings. The quantitative estimate of drug-likeness (QED) is 0.611. The van der Waals surface area contributed by atoms with Crippen molar-refractivity contribution in [3.8, 4) is 0 Å². The van der Waals surface area contributed by atoms with Crippen LogP contribution in [0.3, 0.4) is 0 Å². The van der Waals surface area contributed by atoms with Crippen molar-refractivity contribution in [3.05, 3.63) is 0 Å². The van der Waals surface area contributed by atoms with Crippen molar-refractivity contribution >= 4 is 5.78 Å². The molecule has 0 bridgehead atoms. The molecule has 0 aliphatic heterocycles. The first kappa shape index (κ1) is 8.76. The fraction of sp³-hybridized carbons (Fsp3) is 0.900. The Morgan fingerprint density at radius 3 is 2.73 bits per heavy atom. The van der Waals surface area contributed by atoms with Gasteiger partial charge in [0.25, 0.3) is 0 Å². The van der Waals surface area contributed by atoms with Crippen LogP contribution in [-0.2, 0) is 4.79 Å². The normalized spacial score (nSPS) is 31.3. The number of hydrogen-bond acceptors (Lipinski definition) is 1. The molecule has 0 aromatic rings. The van der Waals surface area contributed by atoms with Gasteiger partial charge in [-0.3, -0.25) is 4.79 Å².